The van der Waals surface area contributed by atoms with Crippen LogP contribution < -0.4 is 10.2 Å². The van der Waals surface area contributed by atoms with Crippen LogP contribution >= 0.6 is 11.3 Å². The second-order valence-corrected chi connectivity index (χ2v) is 11.3. The minimum atomic E-state index is -0.541. The van der Waals surface area contributed by atoms with Gasteiger partial charge in [0.15, 0.2) is 5.43 Å². The number of hydrogen-bond acceptors (Lipinski definition) is 8. The van der Waals surface area contributed by atoms with E-state index in [1.165, 1.54) is 12.0 Å². The minimum absolute atomic E-state index is 0.00389. The van der Waals surface area contributed by atoms with Crippen LogP contribution in [0.2, 0.25) is 0 Å². The molecule has 220 valence electrons. The van der Waals surface area contributed by atoms with E-state index in [1.807, 2.05) is 32.2 Å². The summed E-state index contributed by atoms with van der Waals surface area (Å²) in [4.78, 5) is 45.0. The first-order valence-electron chi connectivity index (χ1n) is 13.6. The lowest BCUT2D eigenvalue weighted by Gasteiger charge is -2.27. The van der Waals surface area contributed by atoms with Crippen molar-refractivity contribution in [3.8, 4) is 16.5 Å². The van der Waals surface area contributed by atoms with Crippen LogP contribution in [0.25, 0.3) is 21.6 Å². The second kappa shape index (κ2) is 14.3. The monoisotopic (exact) mass is 573 g/mol. The number of aryl methyl sites for hydroxylation is 1. The van der Waals surface area contributed by atoms with Crippen molar-refractivity contribution in [3.63, 3.8) is 0 Å². The van der Waals surface area contributed by atoms with Gasteiger partial charge in [0.25, 0.3) is 0 Å². The van der Waals surface area contributed by atoms with Crippen LogP contribution in [0.5, 0.6) is 5.75 Å². The number of aromatic amines is 1. The summed E-state index contributed by atoms with van der Waals surface area (Å²) in [6, 6.07) is 4.76. The maximum atomic E-state index is 12.4. The Labute approximate surface area is 240 Å². The number of thiazole rings is 1. The molecule has 1 N–H and O–H groups in total. The molecule has 1 aromatic carbocycles. The molecule has 0 aliphatic carbocycles. The second-order valence-electron chi connectivity index (χ2n) is 10.4. The summed E-state index contributed by atoms with van der Waals surface area (Å²) < 4.78 is 15.2. The van der Waals surface area contributed by atoms with Crippen LogP contribution in [0.3, 0.4) is 0 Å². The quantitative estimate of drug-likeness (QED) is 0.347. The maximum absolute atomic E-state index is 12.4. The molecule has 1 atom stereocenters. The van der Waals surface area contributed by atoms with E-state index in [2.05, 4.69) is 28.6 Å². The average Bonchev–Trinajstić information content (AvgIpc) is 3.60. The zero-order valence-corrected chi connectivity index (χ0v) is 26.2. The zero-order chi connectivity index (χ0) is 30.2. The smallest absolute Gasteiger partial charge is 0.411 e. The first-order valence-corrected chi connectivity index (χ1v) is 14.5. The highest BCUT2D eigenvalue weighted by Crippen LogP contribution is 2.29. The highest BCUT2D eigenvalue weighted by Gasteiger charge is 2.37. The number of hydrogen-bond donors (Lipinski definition) is 1. The fraction of sp³-hybridized carbons (Fsp3) is 0.533. The molecule has 2 aromatic heterocycles. The Bertz CT molecular complexity index is 1360. The number of rotatable bonds is 4. The van der Waals surface area contributed by atoms with Gasteiger partial charge in [-0.25, -0.2) is 14.6 Å². The van der Waals surface area contributed by atoms with Crippen LogP contribution in [-0.2, 0) is 14.3 Å². The van der Waals surface area contributed by atoms with Crippen LogP contribution in [0.1, 0.15) is 78.5 Å². The number of fused-ring (bicyclic) bond motifs is 1. The number of amides is 1. The van der Waals surface area contributed by atoms with Crippen LogP contribution in [0, 0.1) is 6.92 Å². The molecule has 4 rings (SSSR count). The number of aromatic nitrogens is 2. The summed E-state index contributed by atoms with van der Waals surface area (Å²) in [5.74, 6) is 0.768. The van der Waals surface area contributed by atoms with Gasteiger partial charge in [-0.3, -0.25) is 9.69 Å². The number of nitrogens with one attached hydrogen (secondary N) is 1. The van der Waals surface area contributed by atoms with Gasteiger partial charge in [0.05, 0.1) is 31.1 Å². The Kier molecular flexibility index (Phi) is 11.7. The van der Waals surface area contributed by atoms with Crippen molar-refractivity contribution in [2.45, 2.75) is 85.8 Å². The first-order chi connectivity index (χ1) is 18.9. The average molecular weight is 574 g/mol. The molecule has 1 saturated heterocycles. The Morgan fingerprint density at radius 3 is 2.40 bits per heavy atom. The molecule has 10 heteroatoms. The molecule has 1 aliphatic rings. The topological polar surface area (TPSA) is 111 Å². The van der Waals surface area contributed by atoms with Crippen LogP contribution in [0.15, 0.2) is 28.4 Å². The van der Waals surface area contributed by atoms with Crippen LogP contribution in [0.4, 0.5) is 4.79 Å². The van der Waals surface area contributed by atoms with E-state index in [1.54, 1.807) is 51.4 Å². The zero-order valence-electron chi connectivity index (χ0n) is 25.3. The maximum Gasteiger partial charge on any atom is 0.411 e. The van der Waals surface area contributed by atoms with E-state index in [0.29, 0.717) is 24.3 Å². The lowest BCUT2D eigenvalue weighted by Crippen LogP contribution is -2.43. The number of methoxy groups -OCH3 is 2. The number of carbonyl (C=O) groups excluding carboxylic acids is 2. The number of carbonyl (C=O) groups is 2. The van der Waals surface area contributed by atoms with Gasteiger partial charge in [0, 0.05) is 28.9 Å². The third-order valence-electron chi connectivity index (χ3n) is 6.13. The van der Waals surface area contributed by atoms with Gasteiger partial charge in [-0.1, -0.05) is 27.7 Å². The molecular formula is C30H43N3O6S. The summed E-state index contributed by atoms with van der Waals surface area (Å²) >= 11 is 1.55. The van der Waals surface area contributed by atoms with Gasteiger partial charge in [0.2, 0.25) is 0 Å². The highest BCUT2D eigenvalue weighted by molar-refractivity contribution is 7.13. The Morgan fingerprint density at radius 1 is 1.18 bits per heavy atom. The van der Waals surface area contributed by atoms with Gasteiger partial charge in [-0.15, -0.1) is 11.3 Å². The third kappa shape index (κ3) is 8.06. The molecule has 1 fully saturated rings. The Balaban J connectivity index is 0.000000277. The van der Waals surface area contributed by atoms with E-state index in [0.717, 1.165) is 39.6 Å². The first kappa shape index (κ1) is 32.8. The molecule has 3 aromatic rings. The van der Waals surface area contributed by atoms with Crippen molar-refractivity contribution in [1.82, 2.24) is 14.9 Å². The fourth-order valence-corrected chi connectivity index (χ4v) is 5.09. The Hall–Kier alpha value is -3.40. The number of likely N-dealkylation sites (tertiary alicyclic amines) is 1. The number of esters is 1. The van der Waals surface area contributed by atoms with E-state index in [9.17, 15) is 14.4 Å². The molecule has 0 spiro atoms. The van der Waals surface area contributed by atoms with Crippen molar-refractivity contribution < 1.29 is 23.8 Å². The fourth-order valence-electron chi connectivity index (χ4n) is 4.14. The molecular weight excluding hydrogens is 530 g/mol. The Morgan fingerprint density at radius 2 is 1.85 bits per heavy atom. The van der Waals surface area contributed by atoms with E-state index >= 15 is 0 Å². The van der Waals surface area contributed by atoms with Gasteiger partial charge in [-0.05, 0) is 58.6 Å². The predicted octanol–water partition coefficient (Wildman–Crippen LogP) is 6.68. The summed E-state index contributed by atoms with van der Waals surface area (Å²) in [5.41, 5.74) is 2.99. The van der Waals surface area contributed by atoms with Crippen molar-refractivity contribution in [2.75, 3.05) is 20.8 Å². The summed E-state index contributed by atoms with van der Waals surface area (Å²) in [7, 11) is 2.96. The van der Waals surface area contributed by atoms with Crippen molar-refractivity contribution in [2.24, 2.45) is 0 Å². The molecule has 0 saturated carbocycles. The van der Waals surface area contributed by atoms with Crippen molar-refractivity contribution in [3.05, 3.63) is 45.1 Å². The molecule has 3 heterocycles. The van der Waals surface area contributed by atoms with Crippen molar-refractivity contribution in [1.29, 1.82) is 0 Å². The molecule has 1 aliphatic heterocycles. The van der Waals surface area contributed by atoms with E-state index < -0.39 is 17.7 Å². The molecule has 40 heavy (non-hydrogen) atoms. The number of ether oxygens (including phenoxy) is 3. The molecule has 1 unspecified atom stereocenters. The molecule has 0 bridgehead atoms. The third-order valence-corrected chi connectivity index (χ3v) is 7.03. The minimum Gasteiger partial charge on any atom is -0.496 e. The number of pyridine rings is 1. The van der Waals surface area contributed by atoms with Gasteiger partial charge in [0.1, 0.15) is 22.4 Å². The molecule has 1 amide bonds. The van der Waals surface area contributed by atoms with Crippen molar-refractivity contribution >= 4 is 34.3 Å². The van der Waals surface area contributed by atoms with Crippen LogP contribution in [-0.4, -0.2) is 59.3 Å². The lowest BCUT2D eigenvalue weighted by molar-refractivity contribution is -0.145. The molecule has 9 nitrogen and oxygen atoms in total. The number of H-pyrrole nitrogens is 1. The summed E-state index contributed by atoms with van der Waals surface area (Å²) in [6.45, 7) is 16.1. The summed E-state index contributed by atoms with van der Waals surface area (Å²) in [6.07, 6.45) is 1.01. The SMILES string of the molecule is CC.COC(=O)C1CCCN1C(=O)OC(C)(C)C.COc1ccc2c(=O)cc(-c3nc(C(C)C)cs3)[nH]c2c1C. The van der Waals surface area contributed by atoms with Gasteiger partial charge in [-0.2, -0.15) is 0 Å². The van der Waals surface area contributed by atoms with Gasteiger partial charge < -0.3 is 19.2 Å². The normalized spacial score (nSPS) is 14.7. The largest absolute Gasteiger partial charge is 0.496 e. The van der Waals surface area contributed by atoms with E-state index in [4.69, 9.17) is 9.47 Å². The summed E-state index contributed by atoms with van der Waals surface area (Å²) in [5, 5.41) is 3.55. The number of nitrogens with zero attached hydrogens (tertiary/aromatic N) is 2. The number of benzene rings is 1. The van der Waals surface area contributed by atoms with Gasteiger partial charge >= 0.3 is 12.1 Å². The molecule has 0 radical (unpaired) electrons. The predicted molar refractivity (Wildman–Crippen MR) is 160 cm³/mol. The standard InChI is InChI=1S/C17H18N2O2S.C11H19NO4.C2H6/c1-9(2)13-8-22-17(19-13)12-7-14(20)11-5-6-15(21-4)10(3)16(11)18-12;1-11(2,3)16-10(14)12-7-5-6-8(12)9(13)15-4;1-2/h5-9H,1-4H3,(H,18,20);8H,5-7H2,1-4H3;1-2H3. The van der Waals surface area contributed by atoms with E-state index in [-0.39, 0.29) is 11.4 Å². The lowest BCUT2D eigenvalue weighted by atomic mass is 10.1. The highest BCUT2D eigenvalue weighted by atomic mass is 32.1.